The number of hydrogen-bond acceptors (Lipinski definition) is 6. The molecule has 8 nitrogen and oxygen atoms in total. The number of benzene rings is 2. The number of nitro benzene ring substituents is 1. The minimum Gasteiger partial charge on any atom is -0.508 e. The summed E-state index contributed by atoms with van der Waals surface area (Å²) >= 11 is 0. The number of phenols is 1. The summed E-state index contributed by atoms with van der Waals surface area (Å²) in [6.07, 6.45) is 1.41. The first-order valence-electron chi connectivity index (χ1n) is 6.55. The van der Waals surface area contributed by atoms with E-state index < -0.39 is 10.8 Å². The molecule has 0 bridgehead atoms. The number of nitrogens with one attached hydrogen (secondary N) is 1. The SMILES string of the molecule is O=C1Nc2ccc([N+](=O)[O-])cc2/C1=N/N=C\c1ccc(O)cc1. The Morgan fingerprint density at radius 3 is 2.61 bits per heavy atom. The van der Waals surface area contributed by atoms with Crippen molar-refractivity contribution in [2.45, 2.75) is 0 Å². The first-order chi connectivity index (χ1) is 11.0. The summed E-state index contributed by atoms with van der Waals surface area (Å²) in [5.74, 6) is -0.340. The number of nitrogens with zero attached hydrogens (tertiary/aromatic N) is 3. The van der Waals surface area contributed by atoms with Crippen LogP contribution in [-0.4, -0.2) is 27.9 Å². The molecule has 0 aromatic heterocycles. The lowest BCUT2D eigenvalue weighted by atomic mass is 10.1. The summed E-state index contributed by atoms with van der Waals surface area (Å²) in [7, 11) is 0. The number of non-ortho nitro benzene ring substituents is 1. The third-order valence-electron chi connectivity index (χ3n) is 3.19. The lowest BCUT2D eigenvalue weighted by Crippen LogP contribution is -2.13. The molecule has 3 rings (SSSR count). The van der Waals surface area contributed by atoms with Crippen LogP contribution < -0.4 is 5.32 Å². The first-order valence-corrected chi connectivity index (χ1v) is 6.55. The molecule has 0 spiro atoms. The van der Waals surface area contributed by atoms with Crippen LogP contribution >= 0.6 is 0 Å². The molecule has 114 valence electrons. The van der Waals surface area contributed by atoms with Crippen molar-refractivity contribution in [2.75, 3.05) is 5.32 Å². The van der Waals surface area contributed by atoms with Gasteiger partial charge in [-0.15, -0.1) is 5.10 Å². The van der Waals surface area contributed by atoms with E-state index in [-0.39, 0.29) is 17.1 Å². The zero-order valence-corrected chi connectivity index (χ0v) is 11.6. The van der Waals surface area contributed by atoms with Crippen LogP contribution in [0.4, 0.5) is 11.4 Å². The molecular weight excluding hydrogens is 300 g/mol. The number of nitro groups is 1. The summed E-state index contributed by atoms with van der Waals surface area (Å²) in [5.41, 5.74) is 1.37. The maximum Gasteiger partial charge on any atom is 0.276 e. The Morgan fingerprint density at radius 1 is 1.17 bits per heavy atom. The lowest BCUT2D eigenvalue weighted by molar-refractivity contribution is -0.384. The molecule has 1 aliphatic rings. The highest BCUT2D eigenvalue weighted by atomic mass is 16.6. The molecule has 2 N–H and O–H groups in total. The van der Waals surface area contributed by atoms with Crippen molar-refractivity contribution in [3.8, 4) is 5.75 Å². The van der Waals surface area contributed by atoms with E-state index in [9.17, 15) is 20.0 Å². The van der Waals surface area contributed by atoms with Crippen LogP contribution in [0.1, 0.15) is 11.1 Å². The van der Waals surface area contributed by atoms with Gasteiger partial charge in [-0.1, -0.05) is 0 Å². The molecule has 23 heavy (non-hydrogen) atoms. The number of rotatable bonds is 3. The standard InChI is InChI=1S/C15H10N4O4/c20-11-4-1-9(2-5-11)8-16-18-14-12-7-10(19(22)23)3-6-13(12)17-15(14)21/h1-8,20H,(H,17,18,21)/b16-8-. The second kappa shape index (κ2) is 5.68. The molecule has 0 radical (unpaired) electrons. The molecule has 1 amide bonds. The Bertz CT molecular complexity index is 856. The predicted octanol–water partition coefficient (Wildman–Crippen LogP) is 2.08. The van der Waals surface area contributed by atoms with Crippen molar-refractivity contribution in [3.05, 3.63) is 63.7 Å². The van der Waals surface area contributed by atoms with Gasteiger partial charge in [0.05, 0.1) is 16.8 Å². The van der Waals surface area contributed by atoms with Gasteiger partial charge in [-0.25, -0.2) is 0 Å². The molecular formula is C15H10N4O4. The predicted molar refractivity (Wildman–Crippen MR) is 84.0 cm³/mol. The van der Waals surface area contributed by atoms with E-state index >= 15 is 0 Å². The third kappa shape index (κ3) is 2.91. The van der Waals surface area contributed by atoms with Gasteiger partial charge in [0, 0.05) is 17.7 Å². The molecule has 0 aliphatic carbocycles. The fourth-order valence-corrected chi connectivity index (χ4v) is 2.07. The number of fused-ring (bicyclic) bond motifs is 1. The molecule has 0 fully saturated rings. The van der Waals surface area contributed by atoms with Crippen molar-refractivity contribution >= 4 is 29.2 Å². The number of phenolic OH excluding ortho intramolecular Hbond substituents is 1. The fourth-order valence-electron chi connectivity index (χ4n) is 2.07. The van der Waals surface area contributed by atoms with Crippen LogP contribution in [-0.2, 0) is 4.79 Å². The van der Waals surface area contributed by atoms with E-state index in [1.807, 2.05) is 0 Å². The molecule has 1 aliphatic heterocycles. The van der Waals surface area contributed by atoms with E-state index in [1.54, 1.807) is 12.1 Å². The van der Waals surface area contributed by atoms with Crippen molar-refractivity contribution in [1.29, 1.82) is 0 Å². The maximum absolute atomic E-state index is 11.9. The Morgan fingerprint density at radius 2 is 1.91 bits per heavy atom. The number of amides is 1. The molecule has 0 atom stereocenters. The quantitative estimate of drug-likeness (QED) is 0.512. The Kier molecular flexibility index (Phi) is 3.55. The van der Waals surface area contributed by atoms with Gasteiger partial charge in [-0.3, -0.25) is 14.9 Å². The van der Waals surface area contributed by atoms with Gasteiger partial charge in [0.2, 0.25) is 0 Å². The van der Waals surface area contributed by atoms with Crippen LogP contribution in [0.5, 0.6) is 5.75 Å². The molecule has 1 heterocycles. The summed E-state index contributed by atoms with van der Waals surface area (Å²) in [4.78, 5) is 22.2. The van der Waals surface area contributed by atoms with Crippen LogP contribution in [0, 0.1) is 10.1 Å². The van der Waals surface area contributed by atoms with Crippen molar-refractivity contribution < 1.29 is 14.8 Å². The van der Waals surface area contributed by atoms with E-state index in [0.29, 0.717) is 16.8 Å². The average Bonchev–Trinajstić information content (AvgIpc) is 2.84. The number of carbonyl (C=O) groups excluding carboxylic acids is 1. The number of hydrogen-bond donors (Lipinski definition) is 2. The highest BCUT2D eigenvalue weighted by molar-refractivity contribution is 6.53. The zero-order chi connectivity index (χ0) is 16.4. The van der Waals surface area contributed by atoms with E-state index in [0.717, 1.165) is 0 Å². The van der Waals surface area contributed by atoms with Crippen LogP contribution in [0.3, 0.4) is 0 Å². The van der Waals surface area contributed by atoms with Gasteiger partial charge < -0.3 is 10.4 Å². The minimum absolute atomic E-state index is 0.0127. The Balaban J connectivity index is 1.91. The highest BCUT2D eigenvalue weighted by Crippen LogP contribution is 2.27. The van der Waals surface area contributed by atoms with Gasteiger partial charge >= 0.3 is 0 Å². The van der Waals surface area contributed by atoms with E-state index in [2.05, 4.69) is 15.5 Å². The Hall–Kier alpha value is -3.55. The molecule has 2 aromatic carbocycles. The smallest absolute Gasteiger partial charge is 0.276 e. The summed E-state index contributed by atoms with van der Waals surface area (Å²) in [6, 6.07) is 10.3. The second-order valence-electron chi connectivity index (χ2n) is 4.73. The zero-order valence-electron chi connectivity index (χ0n) is 11.6. The number of aromatic hydroxyl groups is 1. The molecule has 0 unspecified atom stereocenters. The van der Waals surface area contributed by atoms with Gasteiger partial charge in [0.1, 0.15) is 5.75 Å². The van der Waals surface area contributed by atoms with Gasteiger partial charge in [-0.2, -0.15) is 5.10 Å². The van der Waals surface area contributed by atoms with Gasteiger partial charge in [0.15, 0.2) is 5.71 Å². The first kappa shape index (κ1) is 14.4. The molecule has 2 aromatic rings. The van der Waals surface area contributed by atoms with Gasteiger partial charge in [0.25, 0.3) is 11.6 Å². The van der Waals surface area contributed by atoms with Crippen LogP contribution in [0.25, 0.3) is 0 Å². The van der Waals surface area contributed by atoms with E-state index in [1.165, 1.54) is 36.5 Å². The summed E-state index contributed by atoms with van der Waals surface area (Å²) < 4.78 is 0. The largest absolute Gasteiger partial charge is 0.508 e. The fraction of sp³-hybridized carbons (Fsp3) is 0. The van der Waals surface area contributed by atoms with E-state index in [4.69, 9.17) is 0 Å². The minimum atomic E-state index is -0.541. The number of anilines is 1. The van der Waals surface area contributed by atoms with Crippen molar-refractivity contribution in [1.82, 2.24) is 0 Å². The van der Waals surface area contributed by atoms with Gasteiger partial charge in [-0.05, 0) is 35.9 Å². The third-order valence-corrected chi connectivity index (χ3v) is 3.19. The number of carbonyl (C=O) groups is 1. The molecule has 0 saturated carbocycles. The topological polar surface area (TPSA) is 117 Å². The Labute approximate surface area is 129 Å². The van der Waals surface area contributed by atoms with Crippen LogP contribution in [0.15, 0.2) is 52.7 Å². The summed E-state index contributed by atoms with van der Waals surface area (Å²) in [5, 5.41) is 30.3. The highest BCUT2D eigenvalue weighted by Gasteiger charge is 2.28. The van der Waals surface area contributed by atoms with Crippen LogP contribution in [0.2, 0.25) is 0 Å². The maximum atomic E-state index is 11.9. The molecule has 8 heteroatoms. The average molecular weight is 310 g/mol. The second-order valence-corrected chi connectivity index (χ2v) is 4.73. The van der Waals surface area contributed by atoms with Crippen molar-refractivity contribution in [2.24, 2.45) is 10.2 Å². The van der Waals surface area contributed by atoms with Crippen molar-refractivity contribution in [3.63, 3.8) is 0 Å². The molecule has 0 saturated heterocycles. The summed E-state index contributed by atoms with van der Waals surface area (Å²) in [6.45, 7) is 0. The normalized spacial score (nSPS) is 15.0. The monoisotopic (exact) mass is 310 g/mol. The lowest BCUT2D eigenvalue weighted by Gasteiger charge is -1.96.